The van der Waals surface area contributed by atoms with Crippen LogP contribution in [0.1, 0.15) is 20.3 Å². The summed E-state index contributed by atoms with van der Waals surface area (Å²) in [4.78, 5) is 2.55. The van der Waals surface area contributed by atoms with Gasteiger partial charge in [0.2, 0.25) is 0 Å². The van der Waals surface area contributed by atoms with Crippen molar-refractivity contribution in [3.8, 4) is 0 Å². The van der Waals surface area contributed by atoms with Gasteiger partial charge in [0.25, 0.3) is 0 Å². The number of aliphatic hydroxyl groups is 1. The van der Waals surface area contributed by atoms with Crippen LogP contribution in [-0.4, -0.2) is 18.3 Å². The fourth-order valence-corrected chi connectivity index (χ4v) is 0.339. The molecule has 1 N–H and O–H groups in total. The summed E-state index contributed by atoms with van der Waals surface area (Å²) in [6.45, 7) is 0.679. The van der Waals surface area contributed by atoms with Crippen LogP contribution in [0.5, 0.6) is 0 Å². The first-order valence-corrected chi connectivity index (χ1v) is 2.53. The molecule has 0 atom stereocenters. The van der Waals surface area contributed by atoms with Gasteiger partial charge in [0.05, 0.1) is 0 Å². The van der Waals surface area contributed by atoms with Gasteiger partial charge in [-0.05, 0) is 18.4 Å². The SMILES string of the molecule is C.[N-]=[N+]=NCCCCO. The summed E-state index contributed by atoms with van der Waals surface area (Å²) in [6.07, 6.45) is 1.50. The Hall–Kier alpha value is -0.730. The molecular weight excluding hydrogens is 118 g/mol. The maximum absolute atomic E-state index is 8.23. The third-order valence-electron chi connectivity index (χ3n) is 0.729. The Morgan fingerprint density at radius 2 is 2.11 bits per heavy atom. The molecule has 0 aliphatic heterocycles. The molecule has 0 aliphatic carbocycles. The lowest BCUT2D eigenvalue weighted by atomic mass is 10.3. The summed E-state index contributed by atoms with van der Waals surface area (Å²) in [5.41, 5.74) is 7.76. The van der Waals surface area contributed by atoms with Crippen molar-refractivity contribution < 1.29 is 5.11 Å². The van der Waals surface area contributed by atoms with E-state index in [4.69, 9.17) is 10.6 Å². The van der Waals surface area contributed by atoms with Gasteiger partial charge in [-0.1, -0.05) is 12.5 Å². The minimum absolute atomic E-state index is 0. The molecule has 54 valence electrons. The summed E-state index contributed by atoms with van der Waals surface area (Å²) < 4.78 is 0. The normalized spacial score (nSPS) is 7.22. The monoisotopic (exact) mass is 131 g/mol. The van der Waals surface area contributed by atoms with Crippen molar-refractivity contribution in [1.82, 2.24) is 0 Å². The first-order chi connectivity index (χ1) is 3.91. The van der Waals surface area contributed by atoms with E-state index >= 15 is 0 Å². The largest absolute Gasteiger partial charge is 0.396 e. The number of nitrogens with zero attached hydrogens (tertiary/aromatic N) is 3. The standard InChI is InChI=1S/C4H9N3O.CH4/c5-7-6-3-1-2-4-8;/h8H,1-4H2;1H4. The van der Waals surface area contributed by atoms with Gasteiger partial charge in [-0.25, -0.2) is 0 Å². The predicted octanol–water partition coefficient (Wildman–Crippen LogP) is 1.71. The van der Waals surface area contributed by atoms with Crippen LogP contribution in [0.15, 0.2) is 5.11 Å². The van der Waals surface area contributed by atoms with E-state index in [9.17, 15) is 0 Å². The number of azide groups is 1. The summed E-state index contributed by atoms with van der Waals surface area (Å²) in [5.74, 6) is 0. The minimum atomic E-state index is 0. The number of rotatable bonds is 4. The fourth-order valence-electron chi connectivity index (χ4n) is 0.339. The van der Waals surface area contributed by atoms with Gasteiger partial charge in [0, 0.05) is 18.1 Å². The lowest BCUT2D eigenvalue weighted by molar-refractivity contribution is 0.285. The smallest absolute Gasteiger partial charge is 0.0431 e. The molecule has 0 rings (SSSR count). The van der Waals surface area contributed by atoms with Crippen LogP contribution in [0.4, 0.5) is 0 Å². The second-order valence-electron chi connectivity index (χ2n) is 1.39. The first kappa shape index (κ1) is 11.1. The van der Waals surface area contributed by atoms with Crippen LogP contribution in [0.2, 0.25) is 0 Å². The Labute approximate surface area is 55.1 Å². The zero-order valence-electron chi connectivity index (χ0n) is 4.62. The van der Waals surface area contributed by atoms with E-state index in [1.165, 1.54) is 0 Å². The molecule has 4 heteroatoms. The zero-order valence-corrected chi connectivity index (χ0v) is 4.62. The van der Waals surface area contributed by atoms with Crippen LogP contribution in [0.3, 0.4) is 0 Å². The molecule has 0 radical (unpaired) electrons. The Kier molecular flexibility index (Phi) is 12.7. The average Bonchev–Trinajstić information content (AvgIpc) is 1.81. The van der Waals surface area contributed by atoms with Crippen molar-refractivity contribution in [3.05, 3.63) is 10.4 Å². The molecule has 0 saturated heterocycles. The van der Waals surface area contributed by atoms with Gasteiger partial charge in [0.1, 0.15) is 0 Å². The Balaban J connectivity index is 0. The van der Waals surface area contributed by atoms with Crippen LogP contribution in [-0.2, 0) is 0 Å². The summed E-state index contributed by atoms with van der Waals surface area (Å²) >= 11 is 0. The van der Waals surface area contributed by atoms with Crippen molar-refractivity contribution in [2.24, 2.45) is 5.11 Å². The molecule has 4 nitrogen and oxygen atoms in total. The van der Waals surface area contributed by atoms with E-state index in [2.05, 4.69) is 10.0 Å². The van der Waals surface area contributed by atoms with Gasteiger partial charge < -0.3 is 5.11 Å². The molecule has 9 heavy (non-hydrogen) atoms. The fraction of sp³-hybridized carbons (Fsp3) is 1.00. The van der Waals surface area contributed by atoms with Crippen molar-refractivity contribution in [2.75, 3.05) is 13.2 Å². The number of unbranched alkanes of at least 4 members (excludes halogenated alkanes) is 1. The highest BCUT2D eigenvalue weighted by molar-refractivity contribution is 4.45. The minimum Gasteiger partial charge on any atom is -0.396 e. The molecule has 0 aliphatic rings. The summed E-state index contributed by atoms with van der Waals surface area (Å²) in [6, 6.07) is 0. The molecule has 0 fully saturated rings. The molecule has 0 bridgehead atoms. The van der Waals surface area contributed by atoms with E-state index in [-0.39, 0.29) is 14.0 Å². The van der Waals surface area contributed by atoms with Gasteiger partial charge in [0.15, 0.2) is 0 Å². The summed E-state index contributed by atoms with van der Waals surface area (Å²) in [7, 11) is 0. The average molecular weight is 131 g/mol. The Morgan fingerprint density at radius 1 is 1.44 bits per heavy atom. The van der Waals surface area contributed by atoms with Gasteiger partial charge in [-0.15, -0.1) is 0 Å². The van der Waals surface area contributed by atoms with Crippen LogP contribution < -0.4 is 0 Å². The lowest BCUT2D eigenvalue weighted by Gasteiger charge is -1.86. The number of aliphatic hydroxyl groups excluding tert-OH is 1. The topological polar surface area (TPSA) is 69.0 Å². The van der Waals surface area contributed by atoms with Crippen LogP contribution in [0, 0.1) is 0 Å². The maximum atomic E-state index is 8.23. The third kappa shape index (κ3) is 11.1. The lowest BCUT2D eigenvalue weighted by Crippen LogP contribution is -1.83. The maximum Gasteiger partial charge on any atom is 0.0431 e. The van der Waals surface area contributed by atoms with Crippen molar-refractivity contribution in [2.45, 2.75) is 20.3 Å². The molecule has 0 aromatic rings. The van der Waals surface area contributed by atoms with Crippen molar-refractivity contribution >= 4 is 0 Å². The molecule has 0 heterocycles. The second kappa shape index (κ2) is 10.3. The van der Waals surface area contributed by atoms with Gasteiger partial charge in [-0.2, -0.15) is 0 Å². The van der Waals surface area contributed by atoms with Crippen LogP contribution >= 0.6 is 0 Å². The molecule has 0 amide bonds. The molecule has 0 aromatic carbocycles. The highest BCUT2D eigenvalue weighted by Gasteiger charge is 1.80. The first-order valence-electron chi connectivity index (χ1n) is 2.53. The van der Waals surface area contributed by atoms with Crippen molar-refractivity contribution in [1.29, 1.82) is 0 Å². The Bertz CT molecular complexity index is 88.2. The highest BCUT2D eigenvalue weighted by Crippen LogP contribution is 1.86. The van der Waals surface area contributed by atoms with E-state index in [1.807, 2.05) is 0 Å². The highest BCUT2D eigenvalue weighted by atomic mass is 16.2. The van der Waals surface area contributed by atoms with Crippen LogP contribution in [0.25, 0.3) is 10.4 Å². The molecule has 0 spiro atoms. The summed E-state index contributed by atoms with van der Waals surface area (Å²) in [5, 5.41) is 11.5. The zero-order chi connectivity index (χ0) is 6.24. The number of hydrogen-bond donors (Lipinski definition) is 1. The van der Waals surface area contributed by atoms with Crippen molar-refractivity contribution in [3.63, 3.8) is 0 Å². The molecule has 0 aromatic heterocycles. The Morgan fingerprint density at radius 3 is 2.56 bits per heavy atom. The molecular formula is C5H13N3O. The van der Waals surface area contributed by atoms with E-state index in [0.717, 1.165) is 12.8 Å². The molecule has 0 unspecified atom stereocenters. The van der Waals surface area contributed by atoms with E-state index in [1.54, 1.807) is 0 Å². The van der Waals surface area contributed by atoms with E-state index < -0.39 is 0 Å². The van der Waals surface area contributed by atoms with E-state index in [0.29, 0.717) is 6.54 Å². The second-order valence-corrected chi connectivity index (χ2v) is 1.39. The molecule has 0 saturated carbocycles. The van der Waals surface area contributed by atoms with Gasteiger partial charge in [-0.3, -0.25) is 0 Å². The van der Waals surface area contributed by atoms with Gasteiger partial charge >= 0.3 is 0 Å². The number of hydrogen-bond acceptors (Lipinski definition) is 2. The third-order valence-corrected chi connectivity index (χ3v) is 0.729. The quantitative estimate of drug-likeness (QED) is 0.268. The predicted molar refractivity (Wildman–Crippen MR) is 37.1 cm³/mol.